The van der Waals surface area contributed by atoms with E-state index < -0.39 is 0 Å². The van der Waals surface area contributed by atoms with Crippen LogP contribution in [0.15, 0.2) is 28.8 Å². The number of rotatable bonds is 4. The van der Waals surface area contributed by atoms with Crippen molar-refractivity contribution >= 4 is 17.6 Å². The minimum Gasteiger partial charge on any atom is -0.381 e. The van der Waals surface area contributed by atoms with Crippen LogP contribution in [0.5, 0.6) is 0 Å². The van der Waals surface area contributed by atoms with Gasteiger partial charge < -0.3 is 19.5 Å². The van der Waals surface area contributed by atoms with Gasteiger partial charge in [-0.2, -0.15) is 4.98 Å². The fourth-order valence-electron chi connectivity index (χ4n) is 2.76. The number of carbonyl (C=O) groups is 1. The second-order valence-corrected chi connectivity index (χ2v) is 6.49. The maximum absolute atomic E-state index is 12.4. The van der Waals surface area contributed by atoms with Crippen molar-refractivity contribution < 1.29 is 14.1 Å². The molecule has 1 aromatic heterocycles. The first-order valence-electron chi connectivity index (χ1n) is 8.24. The summed E-state index contributed by atoms with van der Waals surface area (Å²) in [4.78, 5) is 18.5. The number of likely N-dealkylation sites (tertiary alicyclic amines) is 1. The number of carbonyl (C=O) groups excluding carboxylic acids is 1. The van der Waals surface area contributed by atoms with Gasteiger partial charge >= 0.3 is 6.03 Å². The van der Waals surface area contributed by atoms with Crippen molar-refractivity contribution in [2.24, 2.45) is 0 Å². The van der Waals surface area contributed by atoms with Crippen molar-refractivity contribution in [2.45, 2.75) is 31.9 Å². The minimum atomic E-state index is -0.374. The van der Waals surface area contributed by atoms with Gasteiger partial charge in [0.1, 0.15) is 6.04 Å². The maximum atomic E-state index is 12.4. The molecule has 1 aliphatic heterocycles. The molecule has 134 valence electrons. The number of methoxy groups -OCH3 is 1. The van der Waals surface area contributed by atoms with E-state index in [0.717, 1.165) is 18.4 Å². The molecule has 3 rings (SSSR count). The number of ether oxygens (including phenoxy) is 1. The summed E-state index contributed by atoms with van der Waals surface area (Å²) in [5.41, 5.74) is 0.805. The number of urea groups is 1. The molecule has 2 amide bonds. The monoisotopic (exact) mass is 364 g/mol. The lowest BCUT2D eigenvalue weighted by molar-refractivity contribution is 0.0499. The summed E-state index contributed by atoms with van der Waals surface area (Å²) in [5, 5.41) is 7.51. The molecule has 0 radical (unpaired) electrons. The topological polar surface area (TPSA) is 80.5 Å². The molecule has 2 heterocycles. The zero-order valence-electron chi connectivity index (χ0n) is 14.2. The first-order valence-corrected chi connectivity index (χ1v) is 8.62. The second kappa shape index (κ2) is 7.84. The van der Waals surface area contributed by atoms with Crippen molar-refractivity contribution in [3.63, 3.8) is 0 Å². The molecule has 25 heavy (non-hydrogen) atoms. The molecule has 8 heteroatoms. The van der Waals surface area contributed by atoms with Crippen LogP contribution < -0.4 is 5.32 Å². The van der Waals surface area contributed by atoms with Gasteiger partial charge in [-0.15, -0.1) is 0 Å². The van der Waals surface area contributed by atoms with Gasteiger partial charge in [0.15, 0.2) is 0 Å². The van der Waals surface area contributed by atoms with E-state index in [1.807, 2.05) is 19.1 Å². The smallest absolute Gasteiger partial charge is 0.318 e. The van der Waals surface area contributed by atoms with Gasteiger partial charge in [0, 0.05) is 30.8 Å². The Hall–Kier alpha value is -2.12. The van der Waals surface area contributed by atoms with Gasteiger partial charge in [0.2, 0.25) is 11.7 Å². The third-order valence-corrected chi connectivity index (χ3v) is 4.57. The van der Waals surface area contributed by atoms with Gasteiger partial charge in [-0.25, -0.2) is 4.79 Å². The van der Waals surface area contributed by atoms with Crippen LogP contribution >= 0.6 is 11.6 Å². The van der Waals surface area contributed by atoms with Crippen molar-refractivity contribution in [3.8, 4) is 11.4 Å². The van der Waals surface area contributed by atoms with E-state index in [-0.39, 0.29) is 18.2 Å². The number of hydrogen-bond donors (Lipinski definition) is 1. The molecule has 1 unspecified atom stereocenters. The lowest BCUT2D eigenvalue weighted by Gasteiger charge is -2.31. The fraction of sp³-hybridized carbons (Fsp3) is 0.471. The number of piperidine rings is 1. The molecule has 1 N–H and O–H groups in total. The maximum Gasteiger partial charge on any atom is 0.318 e. The molecule has 1 atom stereocenters. The molecule has 1 aliphatic rings. The van der Waals surface area contributed by atoms with Crippen LogP contribution in [-0.4, -0.2) is 47.4 Å². The summed E-state index contributed by atoms with van der Waals surface area (Å²) < 4.78 is 10.6. The number of halogens is 1. The van der Waals surface area contributed by atoms with Crippen LogP contribution in [0.4, 0.5) is 4.79 Å². The van der Waals surface area contributed by atoms with E-state index in [2.05, 4.69) is 15.5 Å². The van der Waals surface area contributed by atoms with Gasteiger partial charge in [-0.1, -0.05) is 16.8 Å². The molecule has 0 saturated carbocycles. The number of aromatic nitrogens is 2. The van der Waals surface area contributed by atoms with Crippen molar-refractivity contribution in [1.82, 2.24) is 20.4 Å². The highest BCUT2D eigenvalue weighted by Crippen LogP contribution is 2.21. The Kier molecular flexibility index (Phi) is 5.55. The summed E-state index contributed by atoms with van der Waals surface area (Å²) in [7, 11) is 1.70. The predicted octanol–water partition coefficient (Wildman–Crippen LogP) is 3.27. The predicted molar refractivity (Wildman–Crippen MR) is 93.3 cm³/mol. The van der Waals surface area contributed by atoms with Crippen LogP contribution in [0.1, 0.15) is 31.7 Å². The van der Waals surface area contributed by atoms with E-state index in [9.17, 15) is 4.79 Å². The zero-order chi connectivity index (χ0) is 17.8. The lowest BCUT2D eigenvalue weighted by Crippen LogP contribution is -2.46. The molecule has 7 nitrogen and oxygen atoms in total. The highest BCUT2D eigenvalue weighted by atomic mass is 35.5. The second-order valence-electron chi connectivity index (χ2n) is 6.06. The fourth-order valence-corrected chi connectivity index (χ4v) is 2.89. The van der Waals surface area contributed by atoms with E-state index in [0.29, 0.717) is 29.8 Å². The Morgan fingerprint density at radius 2 is 2.04 bits per heavy atom. The zero-order valence-corrected chi connectivity index (χ0v) is 15.0. The van der Waals surface area contributed by atoms with Crippen molar-refractivity contribution in [1.29, 1.82) is 0 Å². The molecule has 0 bridgehead atoms. The first-order chi connectivity index (χ1) is 12.1. The average Bonchev–Trinajstić information content (AvgIpc) is 3.12. The highest BCUT2D eigenvalue weighted by Gasteiger charge is 2.25. The molecule has 2 aromatic rings. The molecular weight excluding hydrogens is 344 g/mol. The van der Waals surface area contributed by atoms with Gasteiger partial charge in [0.25, 0.3) is 0 Å². The van der Waals surface area contributed by atoms with Crippen LogP contribution in [0.3, 0.4) is 0 Å². The molecular formula is C17H21ClN4O3. The van der Waals surface area contributed by atoms with Crippen molar-refractivity contribution in [2.75, 3.05) is 20.2 Å². The van der Waals surface area contributed by atoms with Crippen LogP contribution in [0, 0.1) is 0 Å². The quantitative estimate of drug-likeness (QED) is 0.900. The Balaban J connectivity index is 1.59. The Labute approximate surface area is 151 Å². The van der Waals surface area contributed by atoms with E-state index in [4.69, 9.17) is 20.9 Å². The van der Waals surface area contributed by atoms with Gasteiger partial charge in [-0.3, -0.25) is 0 Å². The summed E-state index contributed by atoms with van der Waals surface area (Å²) in [6.45, 7) is 3.17. The Bertz CT molecular complexity index is 711. The first kappa shape index (κ1) is 17.7. The standard InChI is InChI=1S/C17H21ClN4O3/c1-11(19-17(23)22-9-7-14(24-2)8-10-22)16-20-15(21-25-16)12-3-5-13(18)6-4-12/h3-6,11,14H,7-10H2,1-2H3,(H,19,23). The number of nitrogens with zero attached hydrogens (tertiary/aromatic N) is 3. The summed E-state index contributed by atoms with van der Waals surface area (Å²) in [6, 6.07) is 6.67. The molecule has 0 aliphatic carbocycles. The van der Waals surface area contributed by atoms with E-state index >= 15 is 0 Å². The summed E-state index contributed by atoms with van der Waals surface area (Å²) in [6.07, 6.45) is 1.93. The third-order valence-electron chi connectivity index (χ3n) is 4.32. The van der Waals surface area contributed by atoms with E-state index in [1.165, 1.54) is 0 Å². The van der Waals surface area contributed by atoms with E-state index in [1.54, 1.807) is 24.1 Å². The summed E-state index contributed by atoms with van der Waals surface area (Å²) in [5.74, 6) is 0.832. The van der Waals surface area contributed by atoms with Gasteiger partial charge in [0.05, 0.1) is 6.10 Å². The number of amides is 2. The number of hydrogen-bond acceptors (Lipinski definition) is 5. The third kappa shape index (κ3) is 4.29. The highest BCUT2D eigenvalue weighted by molar-refractivity contribution is 6.30. The number of nitrogens with one attached hydrogen (secondary N) is 1. The largest absolute Gasteiger partial charge is 0.381 e. The van der Waals surface area contributed by atoms with Gasteiger partial charge in [-0.05, 0) is 44.0 Å². The normalized spacial score (nSPS) is 16.7. The summed E-state index contributed by atoms with van der Waals surface area (Å²) >= 11 is 5.88. The number of benzene rings is 1. The minimum absolute atomic E-state index is 0.131. The Morgan fingerprint density at radius 3 is 2.68 bits per heavy atom. The average molecular weight is 365 g/mol. The molecule has 1 saturated heterocycles. The SMILES string of the molecule is COC1CCN(C(=O)NC(C)c2nc(-c3ccc(Cl)cc3)no2)CC1. The lowest BCUT2D eigenvalue weighted by atomic mass is 10.1. The molecule has 1 aromatic carbocycles. The molecule has 0 spiro atoms. The van der Waals surface area contributed by atoms with Crippen LogP contribution in [0.2, 0.25) is 5.02 Å². The Morgan fingerprint density at radius 1 is 1.36 bits per heavy atom. The van der Waals surface area contributed by atoms with Crippen molar-refractivity contribution in [3.05, 3.63) is 35.2 Å². The van der Waals surface area contributed by atoms with Crippen LogP contribution in [0.25, 0.3) is 11.4 Å². The van der Waals surface area contributed by atoms with Crippen LogP contribution in [-0.2, 0) is 4.74 Å². The molecule has 1 fully saturated rings.